The highest BCUT2D eigenvalue weighted by molar-refractivity contribution is 9.10. The van der Waals surface area contributed by atoms with E-state index in [4.69, 9.17) is 10.8 Å². The van der Waals surface area contributed by atoms with Gasteiger partial charge in [0.1, 0.15) is 11.8 Å². The predicted octanol–water partition coefficient (Wildman–Crippen LogP) is 1.11. The van der Waals surface area contributed by atoms with Gasteiger partial charge in [-0.1, -0.05) is 22.0 Å². The summed E-state index contributed by atoms with van der Waals surface area (Å²) in [4.78, 5) is 10.5. The molecular weight excluding hydrogens is 250 g/mol. The van der Waals surface area contributed by atoms with Gasteiger partial charge in [0, 0.05) is 16.5 Å². The molecule has 76 valence electrons. The van der Waals surface area contributed by atoms with Crippen molar-refractivity contribution in [1.82, 2.24) is 0 Å². The van der Waals surface area contributed by atoms with Gasteiger partial charge in [0.25, 0.3) is 0 Å². The molecule has 0 spiro atoms. The molecule has 14 heavy (non-hydrogen) atoms. The zero-order valence-corrected chi connectivity index (χ0v) is 8.86. The van der Waals surface area contributed by atoms with Crippen LogP contribution in [0.2, 0.25) is 0 Å². The first kappa shape index (κ1) is 11.0. The lowest BCUT2D eigenvalue weighted by Crippen LogP contribution is -2.32. The lowest BCUT2D eigenvalue weighted by Gasteiger charge is -2.09. The molecule has 0 saturated heterocycles. The highest BCUT2D eigenvalue weighted by Crippen LogP contribution is 2.26. The van der Waals surface area contributed by atoms with E-state index >= 15 is 0 Å². The summed E-state index contributed by atoms with van der Waals surface area (Å²) in [5, 5.41) is 18.0. The van der Waals surface area contributed by atoms with Crippen LogP contribution in [0.25, 0.3) is 0 Å². The highest BCUT2D eigenvalue weighted by Gasteiger charge is 2.16. The van der Waals surface area contributed by atoms with Gasteiger partial charge in [0.05, 0.1) is 0 Å². The second kappa shape index (κ2) is 4.43. The summed E-state index contributed by atoms with van der Waals surface area (Å²) in [7, 11) is 0. The Kier molecular flexibility index (Phi) is 3.49. The van der Waals surface area contributed by atoms with Crippen LogP contribution in [-0.4, -0.2) is 22.2 Å². The smallest absolute Gasteiger partial charge is 0.320 e. The molecule has 0 aliphatic carbocycles. The zero-order valence-electron chi connectivity index (χ0n) is 7.27. The number of hydrogen-bond donors (Lipinski definition) is 3. The van der Waals surface area contributed by atoms with Crippen LogP contribution in [0.1, 0.15) is 5.56 Å². The van der Waals surface area contributed by atoms with Crippen molar-refractivity contribution in [1.29, 1.82) is 0 Å². The molecule has 1 aromatic rings. The average molecular weight is 260 g/mol. The van der Waals surface area contributed by atoms with Crippen LogP contribution in [0.4, 0.5) is 0 Å². The number of phenolic OH excluding ortho intramolecular Hbond substituents is 1. The van der Waals surface area contributed by atoms with Gasteiger partial charge in [-0.2, -0.15) is 0 Å². The van der Waals surface area contributed by atoms with Crippen LogP contribution >= 0.6 is 15.9 Å². The quantitative estimate of drug-likeness (QED) is 0.760. The number of nitrogens with two attached hydrogens (primary N) is 1. The van der Waals surface area contributed by atoms with E-state index in [2.05, 4.69) is 15.9 Å². The van der Waals surface area contributed by atoms with Crippen molar-refractivity contribution in [3.63, 3.8) is 0 Å². The Morgan fingerprint density at radius 3 is 2.71 bits per heavy atom. The maximum atomic E-state index is 10.5. The number of rotatable bonds is 3. The number of hydrogen-bond acceptors (Lipinski definition) is 3. The molecule has 0 unspecified atom stereocenters. The summed E-state index contributed by atoms with van der Waals surface area (Å²) < 4.78 is 0.661. The molecule has 5 heteroatoms. The van der Waals surface area contributed by atoms with Gasteiger partial charge < -0.3 is 15.9 Å². The third-order valence-electron chi connectivity index (χ3n) is 1.84. The molecule has 0 aliphatic rings. The van der Waals surface area contributed by atoms with Crippen molar-refractivity contribution in [2.45, 2.75) is 12.5 Å². The summed E-state index contributed by atoms with van der Waals surface area (Å²) in [6.07, 6.45) is 0.0998. The largest absolute Gasteiger partial charge is 0.508 e. The molecule has 4 nitrogen and oxygen atoms in total. The Labute approximate surface area is 89.5 Å². The monoisotopic (exact) mass is 259 g/mol. The molecule has 0 bridgehead atoms. The van der Waals surface area contributed by atoms with Gasteiger partial charge >= 0.3 is 5.97 Å². The second-order valence-corrected chi connectivity index (χ2v) is 3.74. The minimum atomic E-state index is -1.08. The maximum Gasteiger partial charge on any atom is 0.320 e. The normalized spacial score (nSPS) is 12.4. The molecular formula is C9H10BrNO3. The Morgan fingerprint density at radius 1 is 1.57 bits per heavy atom. The molecule has 1 atom stereocenters. The standard InChI is InChI=1S/C9H10BrNO3/c10-6-2-1-3-8(12)5(6)4-7(11)9(13)14/h1-3,7,12H,4,11H2,(H,13,14)/t7-/m1/s1. The van der Waals surface area contributed by atoms with Gasteiger partial charge in [-0.15, -0.1) is 0 Å². The van der Waals surface area contributed by atoms with E-state index in [-0.39, 0.29) is 12.2 Å². The van der Waals surface area contributed by atoms with Gasteiger partial charge in [-0.25, -0.2) is 0 Å². The first-order chi connectivity index (χ1) is 6.52. The molecule has 0 heterocycles. The number of carbonyl (C=O) groups is 1. The third-order valence-corrected chi connectivity index (χ3v) is 2.58. The van der Waals surface area contributed by atoms with Crippen LogP contribution in [0.5, 0.6) is 5.75 Å². The molecule has 0 saturated carbocycles. The summed E-state index contributed by atoms with van der Waals surface area (Å²) in [6.45, 7) is 0. The lowest BCUT2D eigenvalue weighted by atomic mass is 10.1. The molecule has 1 rings (SSSR count). The molecule has 4 N–H and O–H groups in total. The fourth-order valence-corrected chi connectivity index (χ4v) is 1.57. The van der Waals surface area contributed by atoms with Gasteiger partial charge in [-0.3, -0.25) is 4.79 Å². The molecule has 0 aliphatic heterocycles. The van der Waals surface area contributed by atoms with Crippen molar-refractivity contribution in [2.24, 2.45) is 5.73 Å². The molecule has 0 fully saturated rings. The zero-order chi connectivity index (χ0) is 10.7. The summed E-state index contributed by atoms with van der Waals surface area (Å²) >= 11 is 3.22. The number of aliphatic carboxylic acids is 1. The topological polar surface area (TPSA) is 83.5 Å². The third kappa shape index (κ3) is 2.46. The van der Waals surface area contributed by atoms with E-state index in [1.165, 1.54) is 6.07 Å². The lowest BCUT2D eigenvalue weighted by molar-refractivity contribution is -0.138. The minimum Gasteiger partial charge on any atom is -0.508 e. The van der Waals surface area contributed by atoms with Crippen LogP contribution < -0.4 is 5.73 Å². The number of benzene rings is 1. The summed E-state index contributed by atoms with van der Waals surface area (Å²) in [5.74, 6) is -1.03. The number of carboxylic acids is 1. The van der Waals surface area contributed by atoms with E-state index in [9.17, 15) is 9.90 Å². The number of phenols is 1. The second-order valence-electron chi connectivity index (χ2n) is 2.89. The SMILES string of the molecule is N[C@H](Cc1c(O)cccc1Br)C(=O)O. The highest BCUT2D eigenvalue weighted by atomic mass is 79.9. The molecule has 0 aromatic heterocycles. The van der Waals surface area contributed by atoms with Crippen LogP contribution in [0.15, 0.2) is 22.7 Å². The van der Waals surface area contributed by atoms with Gasteiger partial charge in [0.2, 0.25) is 0 Å². The van der Waals surface area contributed by atoms with E-state index in [1.807, 2.05) is 0 Å². The van der Waals surface area contributed by atoms with E-state index in [1.54, 1.807) is 12.1 Å². The van der Waals surface area contributed by atoms with Crippen LogP contribution in [0.3, 0.4) is 0 Å². The molecule has 0 radical (unpaired) electrons. The number of halogens is 1. The summed E-state index contributed by atoms with van der Waals surface area (Å²) in [5.41, 5.74) is 5.87. The number of carboxylic acid groups (broad SMARTS) is 1. The first-order valence-corrected chi connectivity index (χ1v) is 4.76. The Bertz CT molecular complexity index is 334. The molecule has 1 aromatic carbocycles. The molecule has 0 amide bonds. The van der Waals surface area contributed by atoms with E-state index < -0.39 is 12.0 Å². The Hall–Kier alpha value is -1.07. The Balaban J connectivity index is 2.91. The van der Waals surface area contributed by atoms with Crippen LogP contribution in [0, 0.1) is 0 Å². The van der Waals surface area contributed by atoms with Crippen LogP contribution in [-0.2, 0) is 11.2 Å². The van der Waals surface area contributed by atoms with Gasteiger partial charge in [0.15, 0.2) is 0 Å². The predicted molar refractivity (Wildman–Crippen MR) is 55.1 cm³/mol. The Morgan fingerprint density at radius 2 is 2.21 bits per heavy atom. The fourth-order valence-electron chi connectivity index (χ4n) is 1.06. The van der Waals surface area contributed by atoms with Crippen molar-refractivity contribution in [3.05, 3.63) is 28.2 Å². The van der Waals surface area contributed by atoms with Gasteiger partial charge in [-0.05, 0) is 12.1 Å². The average Bonchev–Trinajstić information content (AvgIpc) is 2.11. The first-order valence-electron chi connectivity index (χ1n) is 3.97. The van der Waals surface area contributed by atoms with E-state index in [0.29, 0.717) is 10.0 Å². The van der Waals surface area contributed by atoms with Crippen molar-refractivity contribution < 1.29 is 15.0 Å². The van der Waals surface area contributed by atoms with Crippen molar-refractivity contribution in [3.8, 4) is 5.75 Å². The van der Waals surface area contributed by atoms with E-state index in [0.717, 1.165) is 0 Å². The fraction of sp³-hybridized carbons (Fsp3) is 0.222. The maximum absolute atomic E-state index is 10.5. The minimum absolute atomic E-state index is 0.0519. The van der Waals surface area contributed by atoms with Crippen molar-refractivity contribution >= 4 is 21.9 Å². The number of aromatic hydroxyl groups is 1. The summed E-state index contributed by atoms with van der Waals surface area (Å²) in [6, 6.07) is 3.88. The van der Waals surface area contributed by atoms with Crippen molar-refractivity contribution in [2.75, 3.05) is 0 Å².